The number of carbonyl (C=O) groups is 2. The lowest BCUT2D eigenvalue weighted by Gasteiger charge is -2.08. The predicted molar refractivity (Wildman–Crippen MR) is 99.0 cm³/mol. The van der Waals surface area contributed by atoms with Crippen LogP contribution in [0.3, 0.4) is 0 Å². The second-order valence-corrected chi connectivity index (χ2v) is 5.98. The third-order valence-electron chi connectivity index (χ3n) is 3.39. The topological polar surface area (TPSA) is 108 Å². The average molecular weight is 393 g/mol. The van der Waals surface area contributed by atoms with Gasteiger partial charge in [-0.25, -0.2) is 0 Å². The average Bonchev–Trinajstić information content (AvgIpc) is 2.61. The van der Waals surface area contributed by atoms with E-state index >= 15 is 0 Å². The number of esters is 1. The molecule has 2 aromatic rings. The SMILES string of the molecule is Cc1ccc(OCCC(=O)OCC(=O)Nc2cc(Cl)ccc2[N+](=O)[O-])cc1. The summed E-state index contributed by atoms with van der Waals surface area (Å²) in [5.74, 6) is -0.717. The summed E-state index contributed by atoms with van der Waals surface area (Å²) in [5, 5.41) is 13.5. The Hall–Kier alpha value is -3.13. The molecule has 27 heavy (non-hydrogen) atoms. The molecule has 0 unspecified atom stereocenters. The number of anilines is 1. The monoisotopic (exact) mass is 392 g/mol. The molecule has 1 amide bonds. The van der Waals surface area contributed by atoms with Crippen LogP contribution in [0.1, 0.15) is 12.0 Å². The van der Waals surface area contributed by atoms with Crippen molar-refractivity contribution < 1.29 is 24.0 Å². The second-order valence-electron chi connectivity index (χ2n) is 5.54. The van der Waals surface area contributed by atoms with Gasteiger partial charge in [-0.3, -0.25) is 19.7 Å². The maximum atomic E-state index is 11.8. The van der Waals surface area contributed by atoms with E-state index in [4.69, 9.17) is 21.1 Å². The highest BCUT2D eigenvalue weighted by Gasteiger charge is 2.17. The Kier molecular flexibility index (Phi) is 7.13. The van der Waals surface area contributed by atoms with Crippen molar-refractivity contribution in [3.8, 4) is 5.75 Å². The van der Waals surface area contributed by atoms with E-state index in [-0.39, 0.29) is 29.4 Å². The summed E-state index contributed by atoms with van der Waals surface area (Å²) in [6.07, 6.45) is -0.0432. The zero-order valence-electron chi connectivity index (χ0n) is 14.4. The number of benzene rings is 2. The number of hydrogen-bond donors (Lipinski definition) is 1. The number of nitro benzene ring substituents is 1. The lowest BCUT2D eigenvalue weighted by molar-refractivity contribution is -0.383. The molecule has 0 aromatic heterocycles. The Labute approximate surface area is 160 Å². The summed E-state index contributed by atoms with van der Waals surface area (Å²) in [6.45, 7) is 1.47. The number of hydrogen-bond acceptors (Lipinski definition) is 6. The molecule has 0 aliphatic heterocycles. The van der Waals surface area contributed by atoms with Crippen LogP contribution < -0.4 is 10.1 Å². The first-order valence-corrected chi connectivity index (χ1v) is 8.32. The van der Waals surface area contributed by atoms with E-state index in [1.807, 2.05) is 19.1 Å². The van der Waals surface area contributed by atoms with Gasteiger partial charge >= 0.3 is 5.97 Å². The first-order valence-electron chi connectivity index (χ1n) is 7.94. The number of aryl methyl sites for hydroxylation is 1. The van der Waals surface area contributed by atoms with Crippen molar-refractivity contribution in [2.45, 2.75) is 13.3 Å². The van der Waals surface area contributed by atoms with Gasteiger partial charge in [0.25, 0.3) is 11.6 Å². The summed E-state index contributed by atoms with van der Waals surface area (Å²) in [5.41, 5.74) is 0.703. The molecule has 0 aliphatic carbocycles. The lowest BCUT2D eigenvalue weighted by Crippen LogP contribution is -2.22. The van der Waals surface area contributed by atoms with Crippen LogP contribution in [0.15, 0.2) is 42.5 Å². The van der Waals surface area contributed by atoms with E-state index in [0.29, 0.717) is 5.75 Å². The number of nitrogens with zero attached hydrogens (tertiary/aromatic N) is 1. The first kappa shape index (κ1) is 20.2. The largest absolute Gasteiger partial charge is 0.493 e. The molecule has 0 spiro atoms. The van der Waals surface area contributed by atoms with Crippen molar-refractivity contribution >= 4 is 34.9 Å². The molecule has 0 fully saturated rings. The van der Waals surface area contributed by atoms with Gasteiger partial charge in [-0.2, -0.15) is 0 Å². The van der Waals surface area contributed by atoms with Crippen LogP contribution in [0.2, 0.25) is 5.02 Å². The van der Waals surface area contributed by atoms with Crippen molar-refractivity contribution in [1.29, 1.82) is 0 Å². The van der Waals surface area contributed by atoms with E-state index in [1.165, 1.54) is 18.2 Å². The molecule has 0 heterocycles. The zero-order valence-corrected chi connectivity index (χ0v) is 15.2. The summed E-state index contributed by atoms with van der Waals surface area (Å²) in [4.78, 5) is 33.8. The quantitative estimate of drug-likeness (QED) is 0.418. The van der Waals surface area contributed by atoms with Gasteiger partial charge in [0.2, 0.25) is 0 Å². The summed E-state index contributed by atoms with van der Waals surface area (Å²) in [6, 6.07) is 11.1. The Bertz CT molecular complexity index is 838. The van der Waals surface area contributed by atoms with Gasteiger partial charge in [0.15, 0.2) is 6.61 Å². The smallest absolute Gasteiger partial charge is 0.309 e. The number of nitro groups is 1. The second kappa shape index (κ2) is 9.54. The zero-order chi connectivity index (χ0) is 19.8. The Morgan fingerprint density at radius 2 is 1.89 bits per heavy atom. The van der Waals surface area contributed by atoms with Gasteiger partial charge in [-0.1, -0.05) is 29.3 Å². The van der Waals surface area contributed by atoms with Crippen LogP contribution >= 0.6 is 11.6 Å². The fourth-order valence-electron chi connectivity index (χ4n) is 2.06. The van der Waals surface area contributed by atoms with Gasteiger partial charge in [-0.15, -0.1) is 0 Å². The molecule has 142 valence electrons. The number of amides is 1. The van der Waals surface area contributed by atoms with Crippen LogP contribution in [-0.4, -0.2) is 30.0 Å². The maximum absolute atomic E-state index is 11.8. The molecular formula is C18H17ClN2O6. The summed E-state index contributed by atoms with van der Waals surface area (Å²) in [7, 11) is 0. The number of nitrogens with one attached hydrogen (secondary N) is 1. The minimum atomic E-state index is -0.715. The number of rotatable bonds is 8. The minimum absolute atomic E-state index is 0.0432. The van der Waals surface area contributed by atoms with Crippen LogP contribution in [0.25, 0.3) is 0 Å². The molecule has 1 N–H and O–H groups in total. The van der Waals surface area contributed by atoms with Gasteiger partial charge in [-0.05, 0) is 31.2 Å². The minimum Gasteiger partial charge on any atom is -0.493 e. The Balaban J connectivity index is 1.76. The molecule has 0 atom stereocenters. The Morgan fingerprint density at radius 1 is 1.19 bits per heavy atom. The highest BCUT2D eigenvalue weighted by Crippen LogP contribution is 2.27. The van der Waals surface area contributed by atoms with Gasteiger partial charge in [0, 0.05) is 11.1 Å². The fourth-order valence-corrected chi connectivity index (χ4v) is 2.23. The molecule has 2 rings (SSSR count). The number of halogens is 1. The predicted octanol–water partition coefficient (Wildman–Crippen LogP) is 3.51. The molecule has 0 saturated heterocycles. The van der Waals surface area contributed by atoms with Crippen molar-refractivity contribution in [3.63, 3.8) is 0 Å². The Morgan fingerprint density at radius 3 is 2.56 bits per heavy atom. The van der Waals surface area contributed by atoms with Crippen LogP contribution in [-0.2, 0) is 14.3 Å². The van der Waals surface area contributed by atoms with E-state index in [0.717, 1.165) is 5.56 Å². The highest BCUT2D eigenvalue weighted by molar-refractivity contribution is 6.31. The summed E-state index contributed by atoms with van der Waals surface area (Å²) >= 11 is 5.78. The third kappa shape index (κ3) is 6.59. The van der Waals surface area contributed by atoms with Crippen molar-refractivity contribution in [2.75, 3.05) is 18.5 Å². The molecule has 0 aliphatic rings. The van der Waals surface area contributed by atoms with E-state index in [1.54, 1.807) is 12.1 Å². The fraction of sp³-hybridized carbons (Fsp3) is 0.222. The normalized spacial score (nSPS) is 10.1. The van der Waals surface area contributed by atoms with Crippen molar-refractivity contribution in [3.05, 3.63) is 63.2 Å². The molecule has 8 nitrogen and oxygen atoms in total. The lowest BCUT2D eigenvalue weighted by atomic mass is 10.2. The van der Waals surface area contributed by atoms with E-state index in [9.17, 15) is 19.7 Å². The summed E-state index contributed by atoms with van der Waals surface area (Å²) < 4.78 is 10.2. The number of carbonyl (C=O) groups excluding carboxylic acids is 2. The molecule has 0 radical (unpaired) electrons. The van der Waals surface area contributed by atoms with Crippen LogP contribution in [0.5, 0.6) is 5.75 Å². The highest BCUT2D eigenvalue weighted by atomic mass is 35.5. The molecule has 2 aromatic carbocycles. The first-order chi connectivity index (χ1) is 12.8. The number of ether oxygens (including phenoxy) is 2. The maximum Gasteiger partial charge on any atom is 0.309 e. The molecule has 9 heteroatoms. The third-order valence-corrected chi connectivity index (χ3v) is 3.62. The van der Waals surface area contributed by atoms with Gasteiger partial charge in [0.05, 0.1) is 18.0 Å². The van der Waals surface area contributed by atoms with Gasteiger partial charge < -0.3 is 14.8 Å². The van der Waals surface area contributed by atoms with Gasteiger partial charge in [0.1, 0.15) is 11.4 Å². The van der Waals surface area contributed by atoms with Crippen molar-refractivity contribution in [1.82, 2.24) is 0 Å². The van der Waals surface area contributed by atoms with Crippen molar-refractivity contribution in [2.24, 2.45) is 0 Å². The molecular weight excluding hydrogens is 376 g/mol. The molecule has 0 saturated carbocycles. The van der Waals surface area contributed by atoms with E-state index in [2.05, 4.69) is 5.32 Å². The van der Waals surface area contributed by atoms with Crippen LogP contribution in [0.4, 0.5) is 11.4 Å². The van der Waals surface area contributed by atoms with E-state index < -0.39 is 23.4 Å². The standard InChI is InChI=1S/C18H17ClN2O6/c1-12-2-5-14(6-3-12)26-9-8-18(23)27-11-17(22)20-15-10-13(19)4-7-16(15)21(24)25/h2-7,10H,8-9,11H2,1H3,(H,20,22). The molecule has 0 bridgehead atoms. The van der Waals surface area contributed by atoms with Crippen LogP contribution in [0, 0.1) is 17.0 Å².